The standard InChI is InChI=1S/C29H44F3N3O/c1-3-13-35-26-9-8-21(28(36)34-15-10-20(2)11-16-34)17-23(26)24-19-33(14-12-27(24)35)18-22-6-4-5-7-25(22)29(30,31)32/h3,20-23,25-26H,1,4-19H2,2H3. The van der Waals surface area contributed by atoms with E-state index in [2.05, 4.69) is 28.2 Å². The number of likely N-dealkylation sites (tertiary alicyclic amines) is 1. The molecule has 5 aliphatic rings. The number of amides is 1. The predicted molar refractivity (Wildman–Crippen MR) is 136 cm³/mol. The Morgan fingerprint density at radius 3 is 2.53 bits per heavy atom. The highest BCUT2D eigenvalue weighted by Crippen LogP contribution is 2.48. The molecule has 202 valence electrons. The Morgan fingerprint density at radius 1 is 1.06 bits per heavy atom. The largest absolute Gasteiger partial charge is 0.392 e. The van der Waals surface area contributed by atoms with Crippen LogP contribution in [-0.2, 0) is 4.79 Å². The van der Waals surface area contributed by atoms with Crippen LogP contribution in [0.1, 0.15) is 71.1 Å². The van der Waals surface area contributed by atoms with Crippen molar-refractivity contribution in [2.24, 2.45) is 29.6 Å². The van der Waals surface area contributed by atoms with E-state index in [0.29, 0.717) is 43.2 Å². The van der Waals surface area contributed by atoms with Crippen LogP contribution in [0.2, 0.25) is 0 Å². The van der Waals surface area contributed by atoms with E-state index in [1.807, 2.05) is 6.08 Å². The smallest absolute Gasteiger partial charge is 0.367 e. The molecule has 2 aliphatic carbocycles. The van der Waals surface area contributed by atoms with Gasteiger partial charge in [0.2, 0.25) is 5.91 Å². The average molecular weight is 508 g/mol. The maximum absolute atomic E-state index is 13.7. The second-order valence-electron chi connectivity index (χ2n) is 12.3. The summed E-state index contributed by atoms with van der Waals surface area (Å²) in [5, 5.41) is 0. The lowest BCUT2D eigenvalue weighted by Gasteiger charge is -2.40. The first-order chi connectivity index (χ1) is 17.3. The van der Waals surface area contributed by atoms with Crippen LogP contribution in [0, 0.1) is 29.6 Å². The first-order valence-corrected chi connectivity index (χ1v) is 14.4. The van der Waals surface area contributed by atoms with Gasteiger partial charge < -0.3 is 9.80 Å². The van der Waals surface area contributed by atoms with Crippen LogP contribution >= 0.6 is 0 Å². The van der Waals surface area contributed by atoms with Gasteiger partial charge >= 0.3 is 6.18 Å². The van der Waals surface area contributed by atoms with Gasteiger partial charge in [0.05, 0.1) is 5.92 Å². The Morgan fingerprint density at radius 2 is 1.81 bits per heavy atom. The molecule has 36 heavy (non-hydrogen) atoms. The van der Waals surface area contributed by atoms with Crippen LogP contribution in [0.4, 0.5) is 13.2 Å². The molecule has 3 fully saturated rings. The molecule has 5 rings (SSSR count). The molecule has 7 heteroatoms. The van der Waals surface area contributed by atoms with Crippen molar-refractivity contribution in [3.8, 4) is 0 Å². The number of hydrogen-bond acceptors (Lipinski definition) is 3. The van der Waals surface area contributed by atoms with Gasteiger partial charge in [-0.3, -0.25) is 9.69 Å². The highest BCUT2D eigenvalue weighted by molar-refractivity contribution is 5.79. The van der Waals surface area contributed by atoms with E-state index in [0.717, 1.165) is 77.7 Å². The van der Waals surface area contributed by atoms with E-state index in [9.17, 15) is 18.0 Å². The second-order valence-corrected chi connectivity index (χ2v) is 12.3. The van der Waals surface area contributed by atoms with E-state index in [1.54, 1.807) is 0 Å². The van der Waals surface area contributed by atoms with Gasteiger partial charge in [-0.25, -0.2) is 0 Å². The van der Waals surface area contributed by atoms with Crippen molar-refractivity contribution in [3.63, 3.8) is 0 Å². The summed E-state index contributed by atoms with van der Waals surface area (Å²) < 4.78 is 41.2. The molecule has 0 aromatic rings. The Balaban J connectivity index is 1.29. The number of rotatable bonds is 5. The van der Waals surface area contributed by atoms with Crippen molar-refractivity contribution in [3.05, 3.63) is 23.9 Å². The molecule has 4 nitrogen and oxygen atoms in total. The summed E-state index contributed by atoms with van der Waals surface area (Å²) in [6, 6.07) is 0.413. The molecule has 0 aromatic carbocycles. The number of alkyl halides is 3. The molecular formula is C29H44F3N3O. The molecule has 5 atom stereocenters. The van der Waals surface area contributed by atoms with Crippen molar-refractivity contribution in [2.75, 3.05) is 39.3 Å². The molecule has 5 unspecified atom stereocenters. The minimum atomic E-state index is -4.09. The molecule has 3 heterocycles. The quantitative estimate of drug-likeness (QED) is 0.436. The Kier molecular flexibility index (Phi) is 7.77. The summed E-state index contributed by atoms with van der Waals surface area (Å²) in [6.45, 7) is 11.0. The van der Waals surface area contributed by atoms with E-state index < -0.39 is 12.1 Å². The van der Waals surface area contributed by atoms with Gasteiger partial charge in [0.15, 0.2) is 0 Å². The van der Waals surface area contributed by atoms with Gasteiger partial charge in [0.25, 0.3) is 0 Å². The molecule has 1 amide bonds. The van der Waals surface area contributed by atoms with E-state index in [4.69, 9.17) is 0 Å². The normalized spacial score (nSPS) is 34.5. The van der Waals surface area contributed by atoms with Crippen LogP contribution in [0.15, 0.2) is 23.9 Å². The third-order valence-corrected chi connectivity index (χ3v) is 10.0. The summed E-state index contributed by atoms with van der Waals surface area (Å²) in [4.78, 5) is 20.4. The highest BCUT2D eigenvalue weighted by atomic mass is 19.4. The Hall–Kier alpha value is -1.50. The summed E-state index contributed by atoms with van der Waals surface area (Å²) in [5.74, 6) is 0.0322. The monoisotopic (exact) mass is 507 g/mol. The maximum Gasteiger partial charge on any atom is 0.392 e. The fourth-order valence-corrected chi connectivity index (χ4v) is 8.04. The SMILES string of the molecule is C=CCN1C2=C(CN(CC3CCCCC3C(F)(F)F)CC2)C2CC(C(=O)N3CCC(C)CC3)CCC21. The number of halogens is 3. The first-order valence-electron chi connectivity index (χ1n) is 14.4. The minimum absolute atomic E-state index is 0.0837. The number of fused-ring (bicyclic) bond motifs is 2. The van der Waals surface area contributed by atoms with Gasteiger partial charge in [-0.15, -0.1) is 6.58 Å². The zero-order valence-corrected chi connectivity index (χ0v) is 21.9. The molecule has 2 saturated carbocycles. The summed E-state index contributed by atoms with van der Waals surface area (Å²) in [6.07, 6.45) is 6.42. The molecule has 1 saturated heterocycles. The number of carbonyl (C=O) groups excluding carboxylic acids is 1. The third-order valence-electron chi connectivity index (χ3n) is 10.0. The van der Waals surface area contributed by atoms with Crippen LogP contribution in [0.5, 0.6) is 0 Å². The average Bonchev–Trinajstić information content (AvgIpc) is 3.16. The van der Waals surface area contributed by atoms with Crippen molar-refractivity contribution in [1.29, 1.82) is 0 Å². The fourth-order valence-electron chi connectivity index (χ4n) is 8.04. The summed E-state index contributed by atoms with van der Waals surface area (Å²) >= 11 is 0. The molecule has 0 radical (unpaired) electrons. The topological polar surface area (TPSA) is 26.8 Å². The zero-order chi connectivity index (χ0) is 25.4. The Bertz CT molecular complexity index is 847. The molecule has 0 N–H and O–H groups in total. The van der Waals surface area contributed by atoms with E-state index in [-0.39, 0.29) is 18.3 Å². The predicted octanol–water partition coefficient (Wildman–Crippen LogP) is 5.86. The Labute approximate surface area is 214 Å². The zero-order valence-electron chi connectivity index (χ0n) is 21.9. The maximum atomic E-state index is 13.7. The van der Waals surface area contributed by atoms with E-state index >= 15 is 0 Å². The van der Waals surface area contributed by atoms with Crippen molar-refractivity contribution >= 4 is 5.91 Å². The van der Waals surface area contributed by atoms with Crippen LogP contribution < -0.4 is 0 Å². The molecule has 0 bridgehead atoms. The third kappa shape index (κ3) is 5.23. The van der Waals surface area contributed by atoms with Crippen LogP contribution in [0.3, 0.4) is 0 Å². The van der Waals surface area contributed by atoms with Gasteiger partial charge in [-0.2, -0.15) is 13.2 Å². The number of piperidine rings is 1. The molecular weight excluding hydrogens is 463 g/mol. The van der Waals surface area contributed by atoms with Crippen molar-refractivity contribution in [1.82, 2.24) is 14.7 Å². The highest BCUT2D eigenvalue weighted by Gasteiger charge is 2.49. The fraction of sp³-hybridized carbons (Fsp3) is 0.828. The van der Waals surface area contributed by atoms with Crippen molar-refractivity contribution in [2.45, 2.75) is 83.4 Å². The molecule has 0 spiro atoms. The summed E-state index contributed by atoms with van der Waals surface area (Å²) in [5.41, 5.74) is 2.81. The molecule has 0 aromatic heterocycles. The van der Waals surface area contributed by atoms with Crippen LogP contribution in [0.25, 0.3) is 0 Å². The second kappa shape index (κ2) is 10.7. The van der Waals surface area contributed by atoms with E-state index in [1.165, 1.54) is 11.3 Å². The number of hydrogen-bond donors (Lipinski definition) is 0. The van der Waals surface area contributed by atoms with Crippen molar-refractivity contribution < 1.29 is 18.0 Å². The van der Waals surface area contributed by atoms with Gasteiger partial charge in [0, 0.05) is 69.3 Å². The summed E-state index contributed by atoms with van der Waals surface area (Å²) in [7, 11) is 0. The minimum Gasteiger partial charge on any atom is -0.367 e. The number of nitrogens with zero attached hydrogens (tertiary/aromatic N) is 3. The lowest BCUT2D eigenvalue weighted by atomic mass is 9.74. The first kappa shape index (κ1) is 26.1. The van der Waals surface area contributed by atoms with Crippen LogP contribution in [-0.4, -0.2) is 72.1 Å². The lowest BCUT2D eigenvalue weighted by Crippen LogP contribution is -2.46. The van der Waals surface area contributed by atoms with Gasteiger partial charge in [0.1, 0.15) is 0 Å². The van der Waals surface area contributed by atoms with Gasteiger partial charge in [-0.1, -0.05) is 25.8 Å². The molecule has 3 aliphatic heterocycles. The number of carbonyl (C=O) groups is 1. The lowest BCUT2D eigenvalue weighted by molar-refractivity contribution is -0.197. The van der Waals surface area contributed by atoms with Gasteiger partial charge in [-0.05, 0) is 62.4 Å².